The minimum Gasteiger partial charge on any atom is -0.385 e. The summed E-state index contributed by atoms with van der Waals surface area (Å²) in [5, 5.41) is 11.6. The van der Waals surface area contributed by atoms with Crippen LogP contribution in [0.25, 0.3) is 0 Å². The van der Waals surface area contributed by atoms with Crippen LogP contribution in [0, 0.1) is 18.6 Å². The molecule has 1 nitrogen and oxygen atoms in total. The monoisotopic (exact) mass is 270 g/mol. The molecule has 98 valence electrons. The summed E-state index contributed by atoms with van der Waals surface area (Å²) in [7, 11) is 0. The number of thioether (sulfide) groups is 1. The maximum atomic E-state index is 13.9. The van der Waals surface area contributed by atoms with Crippen LogP contribution in [-0.4, -0.2) is 15.6 Å². The highest BCUT2D eigenvalue weighted by Gasteiger charge is 2.45. The van der Waals surface area contributed by atoms with Crippen LogP contribution in [-0.2, 0) is 5.60 Å². The fraction of sp³-hybridized carbons (Fsp3) is 0.571. The van der Waals surface area contributed by atoms with Gasteiger partial charge in [-0.15, -0.1) is 0 Å². The first kappa shape index (κ1) is 12.4. The summed E-state index contributed by atoms with van der Waals surface area (Å²) in [5.74, 6) is -1.17. The maximum Gasteiger partial charge on any atom is 0.132 e. The average Bonchev–Trinajstić information content (AvgIpc) is 2.64. The van der Waals surface area contributed by atoms with E-state index < -0.39 is 17.2 Å². The molecule has 2 unspecified atom stereocenters. The number of rotatable bonds is 1. The Morgan fingerprint density at radius 1 is 1.17 bits per heavy atom. The lowest BCUT2D eigenvalue weighted by atomic mass is 9.85. The molecule has 1 aromatic rings. The first-order chi connectivity index (χ1) is 8.48. The van der Waals surface area contributed by atoms with E-state index in [1.165, 1.54) is 6.07 Å². The summed E-state index contributed by atoms with van der Waals surface area (Å²) >= 11 is 1.91. The lowest BCUT2D eigenvalue weighted by molar-refractivity contribution is 0.0161. The fourth-order valence-electron chi connectivity index (χ4n) is 3.15. The quantitative estimate of drug-likeness (QED) is 0.842. The number of aliphatic hydroxyl groups is 1. The van der Waals surface area contributed by atoms with Crippen molar-refractivity contribution < 1.29 is 13.9 Å². The van der Waals surface area contributed by atoms with Crippen molar-refractivity contribution in [3.63, 3.8) is 0 Å². The average molecular weight is 270 g/mol. The van der Waals surface area contributed by atoms with Crippen LogP contribution in [0.5, 0.6) is 0 Å². The molecule has 0 radical (unpaired) electrons. The van der Waals surface area contributed by atoms with Crippen LogP contribution in [0.2, 0.25) is 0 Å². The minimum atomic E-state index is -1.11. The summed E-state index contributed by atoms with van der Waals surface area (Å²) in [6.45, 7) is 1.60. The first-order valence-electron chi connectivity index (χ1n) is 6.32. The summed E-state index contributed by atoms with van der Waals surface area (Å²) in [5.41, 5.74) is -0.441. The summed E-state index contributed by atoms with van der Waals surface area (Å²) in [4.78, 5) is 0. The Hall–Kier alpha value is -0.610. The largest absolute Gasteiger partial charge is 0.385 e. The second-order valence-corrected chi connectivity index (χ2v) is 7.08. The highest BCUT2D eigenvalue weighted by molar-refractivity contribution is 8.00. The van der Waals surface area contributed by atoms with Crippen LogP contribution >= 0.6 is 11.8 Å². The third-order valence-electron chi connectivity index (χ3n) is 4.08. The molecule has 3 rings (SSSR count). The Morgan fingerprint density at radius 3 is 2.39 bits per heavy atom. The van der Waals surface area contributed by atoms with Gasteiger partial charge in [0.15, 0.2) is 0 Å². The van der Waals surface area contributed by atoms with Gasteiger partial charge in [-0.1, -0.05) is 0 Å². The van der Waals surface area contributed by atoms with Crippen LogP contribution in [0.3, 0.4) is 0 Å². The minimum absolute atomic E-state index is 0.276. The van der Waals surface area contributed by atoms with Crippen molar-refractivity contribution >= 4 is 11.8 Å². The molecular weight excluding hydrogens is 254 g/mol. The van der Waals surface area contributed by atoms with Gasteiger partial charge in [0.05, 0.1) is 5.60 Å². The molecule has 0 saturated carbocycles. The Morgan fingerprint density at radius 2 is 1.78 bits per heavy atom. The van der Waals surface area contributed by atoms with Gasteiger partial charge in [-0.25, -0.2) is 8.78 Å². The number of halogens is 2. The zero-order valence-corrected chi connectivity index (χ0v) is 11.1. The zero-order chi connectivity index (χ0) is 12.9. The summed E-state index contributed by atoms with van der Waals surface area (Å²) < 4.78 is 27.2. The second-order valence-electron chi connectivity index (χ2n) is 5.48. The molecule has 2 atom stereocenters. The van der Waals surface area contributed by atoms with Crippen LogP contribution in [0.4, 0.5) is 8.78 Å². The SMILES string of the molecule is Cc1cc(C2(O)CC3CCC(C2)S3)c(F)cc1F. The van der Waals surface area contributed by atoms with Crippen molar-refractivity contribution in [3.05, 3.63) is 34.9 Å². The highest BCUT2D eigenvalue weighted by Crippen LogP contribution is 2.51. The molecule has 2 saturated heterocycles. The van der Waals surface area contributed by atoms with Gasteiger partial charge < -0.3 is 5.11 Å². The van der Waals surface area contributed by atoms with Crippen LogP contribution < -0.4 is 0 Å². The molecule has 1 N–H and O–H groups in total. The molecule has 18 heavy (non-hydrogen) atoms. The van der Waals surface area contributed by atoms with Crippen molar-refractivity contribution in [1.29, 1.82) is 0 Å². The number of fused-ring (bicyclic) bond motifs is 2. The van der Waals surface area contributed by atoms with Gasteiger partial charge in [-0.3, -0.25) is 0 Å². The van der Waals surface area contributed by atoms with Crippen molar-refractivity contribution in [3.8, 4) is 0 Å². The van der Waals surface area contributed by atoms with Gasteiger partial charge in [0.25, 0.3) is 0 Å². The van der Waals surface area contributed by atoms with Crippen molar-refractivity contribution in [2.45, 2.75) is 48.7 Å². The van der Waals surface area contributed by atoms with E-state index in [0.29, 0.717) is 28.9 Å². The molecule has 2 aliphatic rings. The van der Waals surface area contributed by atoms with E-state index in [4.69, 9.17) is 0 Å². The Balaban J connectivity index is 2.01. The Bertz CT molecular complexity index is 477. The normalized spacial score (nSPS) is 34.9. The highest BCUT2D eigenvalue weighted by atomic mass is 32.2. The van der Waals surface area contributed by atoms with Crippen molar-refractivity contribution in [1.82, 2.24) is 0 Å². The third-order valence-corrected chi connectivity index (χ3v) is 5.65. The predicted octanol–water partition coefficient (Wildman–Crippen LogP) is 3.52. The summed E-state index contributed by atoms with van der Waals surface area (Å²) in [6.07, 6.45) is 3.35. The zero-order valence-electron chi connectivity index (χ0n) is 10.2. The standard InChI is InChI=1S/C14H16F2OS/c1-8-4-11(13(16)5-12(8)15)14(17)6-9-2-3-10(7-14)18-9/h4-5,9-10,17H,2-3,6-7H2,1H3. The lowest BCUT2D eigenvalue weighted by Gasteiger charge is -2.36. The first-order valence-corrected chi connectivity index (χ1v) is 7.26. The molecule has 1 aromatic carbocycles. The van der Waals surface area contributed by atoms with E-state index in [0.717, 1.165) is 18.9 Å². The van der Waals surface area contributed by atoms with E-state index in [2.05, 4.69) is 0 Å². The maximum absolute atomic E-state index is 13.9. The number of benzene rings is 1. The number of hydrogen-bond acceptors (Lipinski definition) is 2. The molecular formula is C14H16F2OS. The van der Waals surface area contributed by atoms with E-state index in [1.807, 2.05) is 11.8 Å². The summed E-state index contributed by atoms with van der Waals surface area (Å²) in [6, 6.07) is 2.37. The third kappa shape index (κ3) is 1.95. The van der Waals surface area contributed by atoms with Gasteiger partial charge in [0.2, 0.25) is 0 Å². The van der Waals surface area contributed by atoms with E-state index in [-0.39, 0.29) is 5.56 Å². The van der Waals surface area contributed by atoms with Gasteiger partial charge in [0.1, 0.15) is 11.6 Å². The topological polar surface area (TPSA) is 20.2 Å². The Kier molecular flexibility index (Phi) is 2.90. The van der Waals surface area contributed by atoms with Crippen molar-refractivity contribution in [2.75, 3.05) is 0 Å². The molecule has 0 spiro atoms. The van der Waals surface area contributed by atoms with E-state index in [9.17, 15) is 13.9 Å². The molecule has 2 heterocycles. The van der Waals surface area contributed by atoms with Crippen molar-refractivity contribution in [2.24, 2.45) is 0 Å². The van der Waals surface area contributed by atoms with E-state index in [1.54, 1.807) is 6.92 Å². The smallest absolute Gasteiger partial charge is 0.132 e. The lowest BCUT2D eigenvalue weighted by Crippen LogP contribution is -2.35. The van der Waals surface area contributed by atoms with Gasteiger partial charge in [-0.05, 0) is 44.2 Å². The second kappa shape index (κ2) is 4.20. The van der Waals surface area contributed by atoms with Crippen LogP contribution in [0.15, 0.2) is 12.1 Å². The molecule has 0 aromatic heterocycles. The molecule has 4 heteroatoms. The number of hydrogen-bond donors (Lipinski definition) is 1. The number of aryl methyl sites for hydroxylation is 1. The van der Waals surface area contributed by atoms with Gasteiger partial charge in [-0.2, -0.15) is 11.8 Å². The molecule has 2 aliphatic heterocycles. The molecule has 2 bridgehead atoms. The molecule has 0 amide bonds. The Labute approximate surface area is 110 Å². The van der Waals surface area contributed by atoms with E-state index >= 15 is 0 Å². The predicted molar refractivity (Wildman–Crippen MR) is 68.6 cm³/mol. The van der Waals surface area contributed by atoms with Gasteiger partial charge >= 0.3 is 0 Å². The fourth-order valence-corrected chi connectivity index (χ4v) is 4.98. The van der Waals surface area contributed by atoms with Gasteiger partial charge in [0, 0.05) is 22.1 Å². The van der Waals surface area contributed by atoms with Crippen LogP contribution in [0.1, 0.15) is 36.8 Å². The molecule has 0 aliphatic carbocycles. The molecule has 2 fully saturated rings.